The normalized spacial score (nSPS) is 11.2. The Morgan fingerprint density at radius 2 is 1.10 bits per heavy atom. The van der Waals surface area contributed by atoms with Crippen LogP contribution in [0.2, 0.25) is 0 Å². The molecule has 7 nitrogen and oxygen atoms in total. The van der Waals surface area contributed by atoms with Crippen LogP contribution in [0, 0.1) is 6.92 Å². The lowest BCUT2D eigenvalue weighted by atomic mass is 10.0. The molecule has 0 aliphatic carbocycles. The van der Waals surface area contributed by atoms with Crippen molar-refractivity contribution in [3.8, 4) is 22.9 Å². The molecule has 0 saturated carbocycles. The smallest absolute Gasteiger partial charge is 0.227 e. The number of oxazole rings is 2. The van der Waals surface area contributed by atoms with E-state index in [1.165, 1.54) is 11.1 Å². The SMILES string of the molecule is Cc1nc2cc(-c3nc4ccccc4o3)ccc2n1Cc1ccccc1.Nc1cc(-c2nc3ccccc3o2)ccc1CCc1ccccc1. The summed E-state index contributed by atoms with van der Waals surface area (Å²) in [6.07, 6.45) is 1.90. The van der Waals surface area contributed by atoms with Crippen molar-refractivity contribution in [3.63, 3.8) is 0 Å². The second-order valence-corrected chi connectivity index (χ2v) is 12.3. The van der Waals surface area contributed by atoms with Crippen molar-refractivity contribution in [1.82, 2.24) is 19.5 Å². The van der Waals surface area contributed by atoms with Crippen molar-refractivity contribution >= 4 is 38.9 Å². The average molecular weight is 654 g/mol. The van der Waals surface area contributed by atoms with Crippen molar-refractivity contribution in [3.05, 3.63) is 168 Å². The maximum atomic E-state index is 6.25. The summed E-state index contributed by atoms with van der Waals surface area (Å²) in [5, 5.41) is 0. The molecular formula is C43H35N5O2. The topological polar surface area (TPSA) is 95.9 Å². The van der Waals surface area contributed by atoms with Crippen LogP contribution >= 0.6 is 0 Å². The first-order chi connectivity index (χ1) is 24.6. The zero-order valence-corrected chi connectivity index (χ0v) is 27.7. The minimum Gasteiger partial charge on any atom is -0.436 e. The van der Waals surface area contributed by atoms with Gasteiger partial charge in [0.15, 0.2) is 11.2 Å². The molecule has 0 aliphatic heterocycles. The summed E-state index contributed by atoms with van der Waals surface area (Å²) in [6, 6.07) is 48.7. The van der Waals surface area contributed by atoms with E-state index in [1.807, 2.05) is 79.7 Å². The fourth-order valence-corrected chi connectivity index (χ4v) is 6.22. The largest absolute Gasteiger partial charge is 0.436 e. The molecule has 6 aromatic carbocycles. The predicted molar refractivity (Wildman–Crippen MR) is 201 cm³/mol. The highest BCUT2D eigenvalue weighted by Gasteiger charge is 2.13. The minimum absolute atomic E-state index is 0.609. The molecule has 244 valence electrons. The Balaban J connectivity index is 0.000000145. The molecule has 0 bridgehead atoms. The van der Waals surface area contributed by atoms with Gasteiger partial charge in [-0.05, 0) is 91.1 Å². The van der Waals surface area contributed by atoms with Crippen LogP contribution < -0.4 is 5.73 Å². The third-order valence-electron chi connectivity index (χ3n) is 8.88. The van der Waals surface area contributed by atoms with E-state index in [2.05, 4.69) is 87.3 Å². The molecule has 0 aliphatic rings. The lowest BCUT2D eigenvalue weighted by Crippen LogP contribution is -2.01. The van der Waals surface area contributed by atoms with Crippen molar-refractivity contribution in [2.75, 3.05) is 5.73 Å². The number of aromatic nitrogens is 4. The van der Waals surface area contributed by atoms with Gasteiger partial charge in [-0.25, -0.2) is 15.0 Å². The number of para-hydroxylation sites is 4. The molecule has 0 spiro atoms. The summed E-state index contributed by atoms with van der Waals surface area (Å²) in [5.41, 5.74) is 18.0. The maximum absolute atomic E-state index is 6.25. The number of nitrogens with two attached hydrogens (primary N) is 1. The highest BCUT2D eigenvalue weighted by Crippen LogP contribution is 2.29. The van der Waals surface area contributed by atoms with Gasteiger partial charge in [0.1, 0.15) is 16.9 Å². The Kier molecular flexibility index (Phi) is 8.37. The monoisotopic (exact) mass is 653 g/mol. The van der Waals surface area contributed by atoms with E-state index in [-0.39, 0.29) is 0 Å². The van der Waals surface area contributed by atoms with E-state index >= 15 is 0 Å². The second-order valence-electron chi connectivity index (χ2n) is 12.3. The predicted octanol–water partition coefficient (Wildman–Crippen LogP) is 10.1. The Hall–Kier alpha value is -6.47. The molecule has 7 heteroatoms. The first-order valence-electron chi connectivity index (χ1n) is 16.7. The molecule has 3 heterocycles. The lowest BCUT2D eigenvalue weighted by molar-refractivity contribution is 0.619. The number of rotatable bonds is 7. The number of fused-ring (bicyclic) bond motifs is 3. The van der Waals surface area contributed by atoms with Crippen LogP contribution in [0.1, 0.15) is 22.5 Å². The Morgan fingerprint density at radius 1 is 0.540 bits per heavy atom. The van der Waals surface area contributed by atoms with E-state index in [1.54, 1.807) is 0 Å². The van der Waals surface area contributed by atoms with E-state index < -0.39 is 0 Å². The van der Waals surface area contributed by atoms with Gasteiger partial charge in [0, 0.05) is 23.4 Å². The molecule has 50 heavy (non-hydrogen) atoms. The van der Waals surface area contributed by atoms with Crippen LogP contribution in [-0.4, -0.2) is 19.5 Å². The fourth-order valence-electron chi connectivity index (χ4n) is 6.22. The maximum Gasteiger partial charge on any atom is 0.227 e. The van der Waals surface area contributed by atoms with Crippen LogP contribution in [0.5, 0.6) is 0 Å². The first-order valence-corrected chi connectivity index (χ1v) is 16.7. The summed E-state index contributed by atoms with van der Waals surface area (Å²) < 4.78 is 13.9. The summed E-state index contributed by atoms with van der Waals surface area (Å²) in [5.74, 6) is 2.24. The van der Waals surface area contributed by atoms with Gasteiger partial charge in [-0.1, -0.05) is 91.0 Å². The number of nitrogen functional groups attached to an aromatic ring is 1. The Labute approximate surface area is 289 Å². The zero-order valence-electron chi connectivity index (χ0n) is 27.7. The van der Waals surface area contributed by atoms with Gasteiger partial charge < -0.3 is 19.1 Å². The minimum atomic E-state index is 0.609. The average Bonchev–Trinajstić information content (AvgIpc) is 3.87. The summed E-state index contributed by atoms with van der Waals surface area (Å²) in [4.78, 5) is 13.9. The number of nitrogens with zero attached hydrogens (tertiary/aromatic N) is 4. The van der Waals surface area contributed by atoms with Crippen molar-refractivity contribution < 1.29 is 8.83 Å². The van der Waals surface area contributed by atoms with Crippen molar-refractivity contribution in [2.45, 2.75) is 26.3 Å². The van der Waals surface area contributed by atoms with Gasteiger partial charge in [0.05, 0.1) is 11.0 Å². The number of anilines is 1. The number of imidazole rings is 1. The van der Waals surface area contributed by atoms with Crippen LogP contribution in [0.15, 0.2) is 154 Å². The molecule has 0 saturated heterocycles. The van der Waals surface area contributed by atoms with Gasteiger partial charge in [-0.2, -0.15) is 0 Å². The molecule has 0 radical (unpaired) electrons. The summed E-state index contributed by atoms with van der Waals surface area (Å²) in [7, 11) is 0. The molecule has 0 amide bonds. The number of aryl methyl sites for hydroxylation is 3. The second kappa shape index (κ2) is 13.6. The molecular weight excluding hydrogens is 619 g/mol. The number of hydrogen-bond donors (Lipinski definition) is 1. The van der Waals surface area contributed by atoms with Gasteiger partial charge in [0.2, 0.25) is 11.8 Å². The van der Waals surface area contributed by atoms with E-state index in [0.717, 1.165) is 80.8 Å². The molecule has 9 rings (SSSR count). The van der Waals surface area contributed by atoms with Crippen molar-refractivity contribution in [2.24, 2.45) is 0 Å². The van der Waals surface area contributed by atoms with E-state index in [9.17, 15) is 0 Å². The molecule has 0 fully saturated rings. The van der Waals surface area contributed by atoms with Crippen LogP contribution in [0.25, 0.3) is 56.1 Å². The quantitative estimate of drug-likeness (QED) is 0.172. The molecule has 3 aromatic heterocycles. The van der Waals surface area contributed by atoms with Gasteiger partial charge in [-0.15, -0.1) is 0 Å². The Morgan fingerprint density at radius 3 is 1.72 bits per heavy atom. The van der Waals surface area contributed by atoms with Crippen LogP contribution in [0.4, 0.5) is 5.69 Å². The first kappa shape index (κ1) is 30.8. The fraction of sp³-hybridized carbons (Fsp3) is 0.0930. The van der Waals surface area contributed by atoms with Gasteiger partial charge in [-0.3, -0.25) is 0 Å². The van der Waals surface area contributed by atoms with Gasteiger partial charge in [0.25, 0.3) is 0 Å². The number of hydrogen-bond acceptors (Lipinski definition) is 6. The van der Waals surface area contributed by atoms with E-state index in [0.29, 0.717) is 11.8 Å². The third-order valence-corrected chi connectivity index (χ3v) is 8.88. The molecule has 0 atom stereocenters. The summed E-state index contributed by atoms with van der Waals surface area (Å²) in [6.45, 7) is 2.85. The van der Waals surface area contributed by atoms with Crippen molar-refractivity contribution in [1.29, 1.82) is 0 Å². The Bertz CT molecular complexity index is 2480. The standard InChI is InChI=1S/C22H17N3O.C21H18N2O/c1-15-23-19-13-17(22-24-18-9-5-6-10-21(18)26-22)11-12-20(19)25(15)14-16-7-3-2-4-8-16;22-18-14-17(21-23-19-8-4-5-9-20(19)24-21)13-12-16(18)11-10-15-6-2-1-3-7-15/h2-13H,14H2,1H3;1-9,12-14H,10-11,22H2. The molecule has 9 aromatic rings. The summed E-state index contributed by atoms with van der Waals surface area (Å²) >= 11 is 0. The van der Waals surface area contributed by atoms with Crippen LogP contribution in [0.3, 0.4) is 0 Å². The highest BCUT2D eigenvalue weighted by molar-refractivity contribution is 5.83. The van der Waals surface area contributed by atoms with E-state index in [4.69, 9.17) is 19.6 Å². The third kappa shape index (κ3) is 6.49. The number of benzene rings is 6. The molecule has 0 unspecified atom stereocenters. The van der Waals surface area contributed by atoms with Gasteiger partial charge >= 0.3 is 0 Å². The zero-order chi connectivity index (χ0) is 33.9. The lowest BCUT2D eigenvalue weighted by Gasteiger charge is -2.07. The molecule has 2 N–H and O–H groups in total. The van der Waals surface area contributed by atoms with Crippen LogP contribution in [-0.2, 0) is 19.4 Å². The highest BCUT2D eigenvalue weighted by atomic mass is 16.4.